The molecule has 1 aromatic carbocycles. The first kappa shape index (κ1) is 13.4. The molecule has 6 heteroatoms. The smallest absolute Gasteiger partial charge is 0.163 e. The van der Waals surface area contributed by atoms with Crippen molar-refractivity contribution in [2.75, 3.05) is 5.32 Å². The first-order valence-corrected chi connectivity index (χ1v) is 6.06. The van der Waals surface area contributed by atoms with Crippen molar-refractivity contribution in [1.82, 2.24) is 10.2 Å². The van der Waals surface area contributed by atoms with Crippen molar-refractivity contribution in [3.05, 3.63) is 46.9 Å². The SMILES string of the molecule is Cc1nnc(Nc2ccc(F)cc2)c(C(N)=S)c1C. The van der Waals surface area contributed by atoms with Crippen molar-refractivity contribution in [2.24, 2.45) is 5.73 Å². The molecule has 0 radical (unpaired) electrons. The van der Waals surface area contributed by atoms with Crippen LogP contribution in [0.2, 0.25) is 0 Å². The molecule has 0 bridgehead atoms. The summed E-state index contributed by atoms with van der Waals surface area (Å²) in [6, 6.07) is 5.93. The predicted molar refractivity (Wildman–Crippen MR) is 77.1 cm³/mol. The van der Waals surface area contributed by atoms with Gasteiger partial charge in [0.2, 0.25) is 0 Å². The van der Waals surface area contributed by atoms with Crippen LogP contribution in [0.15, 0.2) is 24.3 Å². The lowest BCUT2D eigenvalue weighted by Gasteiger charge is -2.13. The number of thiocarbonyl (C=S) groups is 1. The Hall–Kier alpha value is -2.08. The highest BCUT2D eigenvalue weighted by atomic mass is 32.1. The summed E-state index contributed by atoms with van der Waals surface area (Å²) in [7, 11) is 0. The molecule has 0 aliphatic carbocycles. The Kier molecular flexibility index (Phi) is 3.71. The van der Waals surface area contributed by atoms with Crippen molar-refractivity contribution in [3.8, 4) is 0 Å². The summed E-state index contributed by atoms with van der Waals surface area (Å²) in [5.41, 5.74) is 8.73. The number of rotatable bonds is 3. The van der Waals surface area contributed by atoms with E-state index in [1.807, 2.05) is 13.8 Å². The number of nitrogens with two attached hydrogens (primary N) is 1. The largest absolute Gasteiger partial charge is 0.389 e. The van der Waals surface area contributed by atoms with Gasteiger partial charge < -0.3 is 11.1 Å². The molecule has 0 aliphatic heterocycles. The van der Waals surface area contributed by atoms with Gasteiger partial charge in [0.1, 0.15) is 10.8 Å². The third-order valence-electron chi connectivity index (χ3n) is 2.81. The van der Waals surface area contributed by atoms with Gasteiger partial charge >= 0.3 is 0 Å². The average Bonchev–Trinajstić information content (AvgIpc) is 2.36. The molecule has 0 saturated carbocycles. The highest BCUT2D eigenvalue weighted by Gasteiger charge is 2.13. The Bertz CT molecular complexity index is 625. The van der Waals surface area contributed by atoms with Gasteiger partial charge in [-0.3, -0.25) is 0 Å². The fourth-order valence-electron chi connectivity index (χ4n) is 1.67. The number of halogens is 1. The third-order valence-corrected chi connectivity index (χ3v) is 3.01. The van der Waals surface area contributed by atoms with Crippen molar-refractivity contribution < 1.29 is 4.39 Å². The summed E-state index contributed by atoms with van der Waals surface area (Å²) in [6.07, 6.45) is 0. The van der Waals surface area contributed by atoms with Crippen LogP contribution < -0.4 is 11.1 Å². The summed E-state index contributed by atoms with van der Waals surface area (Å²) in [6.45, 7) is 3.72. The van der Waals surface area contributed by atoms with Gasteiger partial charge in [-0.2, -0.15) is 5.10 Å². The number of anilines is 2. The molecule has 3 N–H and O–H groups in total. The second-order valence-corrected chi connectivity index (χ2v) is 4.57. The van der Waals surface area contributed by atoms with Crippen LogP contribution >= 0.6 is 12.2 Å². The van der Waals surface area contributed by atoms with Crippen LogP contribution in [0.25, 0.3) is 0 Å². The normalized spacial score (nSPS) is 10.3. The topological polar surface area (TPSA) is 63.8 Å². The summed E-state index contributed by atoms with van der Waals surface area (Å²) in [4.78, 5) is 0.250. The van der Waals surface area contributed by atoms with Crippen LogP contribution in [0.3, 0.4) is 0 Å². The van der Waals surface area contributed by atoms with E-state index in [9.17, 15) is 4.39 Å². The molecule has 19 heavy (non-hydrogen) atoms. The molecular weight excluding hydrogens is 263 g/mol. The Balaban J connectivity index is 2.42. The standard InChI is InChI=1S/C13H13FN4S/c1-7-8(2)17-18-13(11(7)12(15)19)16-10-5-3-9(14)4-6-10/h3-6H,1-2H3,(H2,15,19)(H,16,18). The zero-order valence-corrected chi connectivity index (χ0v) is 11.4. The van der Waals surface area contributed by atoms with E-state index in [2.05, 4.69) is 15.5 Å². The van der Waals surface area contributed by atoms with E-state index in [4.69, 9.17) is 18.0 Å². The first-order valence-electron chi connectivity index (χ1n) is 5.65. The minimum absolute atomic E-state index is 0.250. The van der Waals surface area contributed by atoms with Crippen LogP contribution in [0.1, 0.15) is 16.8 Å². The molecule has 0 aliphatic rings. The number of nitrogens with one attached hydrogen (secondary N) is 1. The molecule has 2 rings (SSSR count). The summed E-state index contributed by atoms with van der Waals surface area (Å²) >= 11 is 5.04. The van der Waals surface area contributed by atoms with Gasteiger partial charge in [0.05, 0.1) is 11.3 Å². The number of hydrogen-bond acceptors (Lipinski definition) is 4. The van der Waals surface area contributed by atoms with E-state index in [-0.39, 0.29) is 10.8 Å². The fraction of sp³-hybridized carbons (Fsp3) is 0.154. The monoisotopic (exact) mass is 276 g/mol. The third kappa shape index (κ3) is 2.85. The van der Waals surface area contributed by atoms with Gasteiger partial charge in [-0.05, 0) is 43.7 Å². The second kappa shape index (κ2) is 5.27. The maximum atomic E-state index is 12.9. The number of nitrogens with zero attached hydrogens (tertiary/aromatic N) is 2. The number of benzene rings is 1. The summed E-state index contributed by atoms with van der Waals surface area (Å²) < 4.78 is 12.9. The predicted octanol–water partition coefficient (Wildman–Crippen LogP) is 2.61. The van der Waals surface area contributed by atoms with Gasteiger partial charge in [0, 0.05) is 5.69 Å². The van der Waals surface area contributed by atoms with Gasteiger partial charge in [-0.15, -0.1) is 5.10 Å². The minimum atomic E-state index is -0.300. The molecule has 1 heterocycles. The minimum Gasteiger partial charge on any atom is -0.389 e. The number of aromatic nitrogens is 2. The van der Waals surface area contributed by atoms with Crippen molar-refractivity contribution in [3.63, 3.8) is 0 Å². The molecule has 0 fully saturated rings. The van der Waals surface area contributed by atoms with E-state index < -0.39 is 0 Å². The molecule has 98 valence electrons. The van der Waals surface area contributed by atoms with Crippen molar-refractivity contribution in [2.45, 2.75) is 13.8 Å². The zero-order valence-electron chi connectivity index (χ0n) is 10.6. The van der Waals surface area contributed by atoms with Gasteiger partial charge in [-0.1, -0.05) is 12.2 Å². The maximum Gasteiger partial charge on any atom is 0.163 e. The van der Waals surface area contributed by atoms with E-state index in [0.29, 0.717) is 17.1 Å². The Morgan fingerprint density at radius 1 is 1.21 bits per heavy atom. The molecule has 0 saturated heterocycles. The average molecular weight is 276 g/mol. The van der Waals surface area contributed by atoms with Crippen LogP contribution in [-0.2, 0) is 0 Å². The van der Waals surface area contributed by atoms with Crippen LogP contribution in [0.5, 0.6) is 0 Å². The van der Waals surface area contributed by atoms with E-state index in [0.717, 1.165) is 11.3 Å². The number of aryl methyl sites for hydroxylation is 1. The summed E-state index contributed by atoms with van der Waals surface area (Å²) in [5.74, 6) is 0.175. The lowest BCUT2D eigenvalue weighted by atomic mass is 10.1. The highest BCUT2D eigenvalue weighted by Crippen LogP contribution is 2.22. The van der Waals surface area contributed by atoms with E-state index >= 15 is 0 Å². The van der Waals surface area contributed by atoms with Crippen LogP contribution in [0, 0.1) is 19.7 Å². The van der Waals surface area contributed by atoms with Gasteiger partial charge in [0.15, 0.2) is 5.82 Å². The molecule has 0 unspecified atom stereocenters. The molecule has 4 nitrogen and oxygen atoms in total. The second-order valence-electron chi connectivity index (χ2n) is 4.13. The van der Waals surface area contributed by atoms with Crippen LogP contribution in [0.4, 0.5) is 15.9 Å². The molecular formula is C13H13FN4S. The maximum absolute atomic E-state index is 12.9. The summed E-state index contributed by atoms with van der Waals surface area (Å²) in [5, 5.41) is 11.1. The lowest BCUT2D eigenvalue weighted by molar-refractivity contribution is 0.628. The highest BCUT2D eigenvalue weighted by molar-refractivity contribution is 7.80. The fourth-order valence-corrected chi connectivity index (χ4v) is 1.92. The molecule has 2 aromatic rings. The molecule has 0 atom stereocenters. The van der Waals surface area contributed by atoms with Crippen LogP contribution in [-0.4, -0.2) is 15.2 Å². The first-order chi connectivity index (χ1) is 8.99. The molecule has 0 spiro atoms. The Labute approximate surface area is 115 Å². The van der Waals surface area contributed by atoms with Crippen molar-refractivity contribution in [1.29, 1.82) is 0 Å². The lowest BCUT2D eigenvalue weighted by Crippen LogP contribution is -2.16. The van der Waals surface area contributed by atoms with E-state index in [1.54, 1.807) is 12.1 Å². The van der Waals surface area contributed by atoms with E-state index in [1.165, 1.54) is 12.1 Å². The number of hydrogen-bond donors (Lipinski definition) is 2. The molecule has 1 aromatic heterocycles. The zero-order chi connectivity index (χ0) is 14.0. The van der Waals surface area contributed by atoms with Gasteiger partial charge in [-0.25, -0.2) is 4.39 Å². The van der Waals surface area contributed by atoms with Gasteiger partial charge in [0.25, 0.3) is 0 Å². The quantitative estimate of drug-likeness (QED) is 0.844. The van der Waals surface area contributed by atoms with Crippen molar-refractivity contribution >= 4 is 28.7 Å². The molecule has 0 amide bonds. The Morgan fingerprint density at radius 3 is 2.42 bits per heavy atom. The Morgan fingerprint density at radius 2 is 1.84 bits per heavy atom.